The highest BCUT2D eigenvalue weighted by Crippen LogP contribution is 2.30. The second-order valence-corrected chi connectivity index (χ2v) is 10.9. The number of rotatable bonds is 15. The molecule has 0 unspecified atom stereocenters. The fraction of sp³-hybridized carbons (Fsp3) is 0.351. The summed E-state index contributed by atoms with van der Waals surface area (Å²) in [5.74, 6) is 0.840. The van der Waals surface area contributed by atoms with Crippen LogP contribution >= 0.6 is 0 Å². The summed E-state index contributed by atoms with van der Waals surface area (Å²) in [5.41, 5.74) is 3.43. The van der Waals surface area contributed by atoms with Gasteiger partial charge in [0.25, 0.3) is 0 Å². The second kappa shape index (κ2) is 16.2. The van der Waals surface area contributed by atoms with Crippen LogP contribution in [0.3, 0.4) is 0 Å². The molecule has 0 bridgehead atoms. The molecule has 5 rings (SSSR count). The van der Waals surface area contributed by atoms with Gasteiger partial charge in [0.1, 0.15) is 24.1 Å². The van der Waals surface area contributed by atoms with Crippen LogP contribution in [-0.4, -0.2) is 49.0 Å². The fourth-order valence-electron chi connectivity index (χ4n) is 5.52. The maximum atomic E-state index is 6.84. The van der Waals surface area contributed by atoms with Gasteiger partial charge in [-0.25, -0.2) is 0 Å². The van der Waals surface area contributed by atoms with E-state index in [9.17, 15) is 0 Å². The molecule has 0 aromatic heterocycles. The lowest BCUT2D eigenvalue weighted by molar-refractivity contribution is -0.191. The van der Waals surface area contributed by atoms with Crippen molar-refractivity contribution in [1.82, 2.24) is 4.90 Å². The van der Waals surface area contributed by atoms with Gasteiger partial charge in [-0.3, -0.25) is 4.90 Å². The second-order valence-electron chi connectivity index (χ2n) is 10.9. The Balaban J connectivity index is 1.43. The minimum absolute atomic E-state index is 0.0142. The van der Waals surface area contributed by atoms with Gasteiger partial charge in [-0.05, 0) is 41.8 Å². The molecule has 1 saturated heterocycles. The summed E-state index contributed by atoms with van der Waals surface area (Å²) in [4.78, 5) is 2.50. The number of ether oxygens (including phenoxy) is 4. The molecule has 0 aliphatic carbocycles. The minimum Gasteiger partial charge on any atom is -0.486 e. The van der Waals surface area contributed by atoms with Gasteiger partial charge in [0.2, 0.25) is 0 Å². The van der Waals surface area contributed by atoms with Crippen molar-refractivity contribution < 1.29 is 18.9 Å². The third-order valence-corrected chi connectivity index (χ3v) is 7.75. The van der Waals surface area contributed by atoms with Crippen LogP contribution < -0.4 is 4.74 Å². The van der Waals surface area contributed by atoms with Gasteiger partial charge >= 0.3 is 0 Å². The van der Waals surface area contributed by atoms with E-state index in [0.717, 1.165) is 48.4 Å². The predicted molar refractivity (Wildman–Crippen MR) is 167 cm³/mol. The number of unbranched alkanes of at least 4 members (excludes halogenated alkanes) is 1. The van der Waals surface area contributed by atoms with Crippen LogP contribution in [0.15, 0.2) is 121 Å². The summed E-state index contributed by atoms with van der Waals surface area (Å²) >= 11 is 0. The zero-order valence-electron chi connectivity index (χ0n) is 24.6. The van der Waals surface area contributed by atoms with Crippen LogP contribution in [0, 0.1) is 0 Å². The Bertz CT molecular complexity index is 1270. The van der Waals surface area contributed by atoms with Crippen LogP contribution in [0.25, 0.3) is 0 Å². The van der Waals surface area contributed by atoms with Crippen LogP contribution in [0.5, 0.6) is 5.75 Å². The average Bonchev–Trinajstić information content (AvgIpc) is 3.05. The van der Waals surface area contributed by atoms with E-state index in [2.05, 4.69) is 72.5 Å². The summed E-state index contributed by atoms with van der Waals surface area (Å²) < 4.78 is 26.7. The Morgan fingerprint density at radius 2 is 1.12 bits per heavy atom. The molecule has 5 nitrogen and oxygen atoms in total. The van der Waals surface area contributed by atoms with E-state index in [0.29, 0.717) is 26.4 Å². The van der Waals surface area contributed by atoms with Gasteiger partial charge < -0.3 is 18.9 Å². The first kappa shape index (κ1) is 30.0. The number of hydrogen-bond donors (Lipinski definition) is 0. The van der Waals surface area contributed by atoms with Gasteiger partial charge in [-0.2, -0.15) is 0 Å². The molecule has 1 fully saturated rings. The molecule has 220 valence electrons. The Morgan fingerprint density at radius 3 is 1.67 bits per heavy atom. The normalized spacial score (nSPS) is 20.8. The standard InChI is InChI=1S/C37H43NO4/c1-2-3-24-38-25-35(42-33-22-14-7-15-23-33)37(41-28-32-20-12-6-13-21-32)36(40-27-31-18-10-5-11-19-31)34(38)29-39-26-30-16-8-4-9-17-30/h4-23,34-37H,2-3,24-29H2,1H3/t34-,35-,36+,37+/m0/s1. The average molecular weight is 566 g/mol. The zero-order chi connectivity index (χ0) is 28.8. The minimum atomic E-state index is -0.294. The van der Waals surface area contributed by atoms with Gasteiger partial charge in [-0.1, -0.05) is 123 Å². The molecule has 0 amide bonds. The highest BCUT2D eigenvalue weighted by Gasteiger charge is 2.46. The van der Waals surface area contributed by atoms with E-state index in [4.69, 9.17) is 18.9 Å². The molecule has 0 N–H and O–H groups in total. The predicted octanol–water partition coefficient (Wildman–Crippen LogP) is 7.31. The van der Waals surface area contributed by atoms with Crippen molar-refractivity contribution in [2.75, 3.05) is 19.7 Å². The van der Waals surface area contributed by atoms with Crippen molar-refractivity contribution >= 4 is 0 Å². The SMILES string of the molecule is CCCCN1C[C@H](Oc2ccccc2)[C@@H](OCc2ccccc2)[C@H](OCc2ccccc2)[C@@H]1COCc1ccccc1. The zero-order valence-corrected chi connectivity index (χ0v) is 24.6. The Hall–Kier alpha value is -3.48. The maximum Gasteiger partial charge on any atom is 0.140 e. The molecular weight excluding hydrogens is 522 g/mol. The van der Waals surface area contributed by atoms with Crippen molar-refractivity contribution in [2.45, 2.75) is 63.9 Å². The van der Waals surface area contributed by atoms with Crippen molar-refractivity contribution in [1.29, 1.82) is 0 Å². The molecule has 0 spiro atoms. The number of benzene rings is 4. The molecule has 1 aliphatic rings. The van der Waals surface area contributed by atoms with Crippen LogP contribution in [0.1, 0.15) is 36.5 Å². The first-order valence-corrected chi connectivity index (χ1v) is 15.2. The third kappa shape index (κ3) is 8.76. The number of hydrogen-bond acceptors (Lipinski definition) is 5. The summed E-state index contributed by atoms with van der Waals surface area (Å²) in [6.45, 7) is 5.99. The van der Waals surface area contributed by atoms with Crippen molar-refractivity contribution in [2.24, 2.45) is 0 Å². The molecule has 5 heteroatoms. The first-order chi connectivity index (χ1) is 20.8. The lowest BCUT2D eigenvalue weighted by Gasteiger charge is -2.48. The van der Waals surface area contributed by atoms with Crippen LogP contribution in [-0.2, 0) is 34.0 Å². The van der Waals surface area contributed by atoms with E-state index in [-0.39, 0.29) is 24.4 Å². The topological polar surface area (TPSA) is 40.2 Å². The monoisotopic (exact) mass is 565 g/mol. The highest BCUT2D eigenvalue weighted by atomic mass is 16.6. The van der Waals surface area contributed by atoms with E-state index in [1.54, 1.807) is 0 Å². The lowest BCUT2D eigenvalue weighted by atomic mass is 9.92. The van der Waals surface area contributed by atoms with Gasteiger partial charge in [0, 0.05) is 6.54 Å². The molecule has 4 atom stereocenters. The molecule has 1 heterocycles. The Morgan fingerprint density at radius 1 is 0.619 bits per heavy atom. The number of para-hydroxylation sites is 1. The largest absolute Gasteiger partial charge is 0.486 e. The number of piperidine rings is 1. The summed E-state index contributed by atoms with van der Waals surface area (Å²) in [6.07, 6.45) is 1.44. The summed E-state index contributed by atoms with van der Waals surface area (Å²) in [6, 6.07) is 41.1. The molecule has 4 aromatic rings. The quantitative estimate of drug-likeness (QED) is 0.151. The first-order valence-electron chi connectivity index (χ1n) is 15.2. The van der Waals surface area contributed by atoms with E-state index >= 15 is 0 Å². The fourth-order valence-corrected chi connectivity index (χ4v) is 5.52. The smallest absolute Gasteiger partial charge is 0.140 e. The summed E-state index contributed by atoms with van der Waals surface area (Å²) in [5, 5.41) is 0. The molecule has 42 heavy (non-hydrogen) atoms. The lowest BCUT2D eigenvalue weighted by Crippen LogP contribution is -2.65. The molecule has 0 radical (unpaired) electrons. The van der Waals surface area contributed by atoms with Gasteiger partial charge in [0.15, 0.2) is 0 Å². The highest BCUT2D eigenvalue weighted by molar-refractivity contribution is 5.22. The third-order valence-electron chi connectivity index (χ3n) is 7.75. The van der Waals surface area contributed by atoms with Gasteiger partial charge in [0.05, 0.1) is 32.5 Å². The van der Waals surface area contributed by atoms with Crippen molar-refractivity contribution in [3.8, 4) is 5.75 Å². The molecule has 4 aromatic carbocycles. The Kier molecular flexibility index (Phi) is 11.6. The van der Waals surface area contributed by atoms with E-state index in [1.807, 2.05) is 60.7 Å². The Labute approximate surface area is 251 Å². The van der Waals surface area contributed by atoms with Crippen molar-refractivity contribution in [3.63, 3.8) is 0 Å². The molecule has 0 saturated carbocycles. The number of likely N-dealkylation sites (tertiary alicyclic amines) is 1. The maximum absolute atomic E-state index is 6.84. The molecular formula is C37H43NO4. The van der Waals surface area contributed by atoms with Crippen molar-refractivity contribution in [3.05, 3.63) is 138 Å². The molecule has 1 aliphatic heterocycles. The summed E-state index contributed by atoms with van der Waals surface area (Å²) in [7, 11) is 0. The van der Waals surface area contributed by atoms with Gasteiger partial charge in [-0.15, -0.1) is 0 Å². The van der Waals surface area contributed by atoms with E-state index in [1.165, 1.54) is 0 Å². The van der Waals surface area contributed by atoms with Crippen LogP contribution in [0.4, 0.5) is 0 Å². The number of nitrogens with zero attached hydrogens (tertiary/aromatic N) is 1. The van der Waals surface area contributed by atoms with E-state index < -0.39 is 0 Å². The van der Waals surface area contributed by atoms with Crippen LogP contribution in [0.2, 0.25) is 0 Å².